The predicted octanol–water partition coefficient (Wildman–Crippen LogP) is 2.21. The van der Waals surface area contributed by atoms with Crippen molar-refractivity contribution in [2.24, 2.45) is 0 Å². The summed E-state index contributed by atoms with van der Waals surface area (Å²) in [5, 5.41) is 18.6. The van der Waals surface area contributed by atoms with Crippen LogP contribution >= 0.6 is 0 Å². The summed E-state index contributed by atoms with van der Waals surface area (Å²) in [6, 6.07) is 6.85. The van der Waals surface area contributed by atoms with Crippen LogP contribution in [-0.4, -0.2) is 38.7 Å². The first kappa shape index (κ1) is 19.6. The third-order valence-corrected chi connectivity index (χ3v) is 4.74. The van der Waals surface area contributed by atoms with Gasteiger partial charge in [-0.2, -0.15) is 5.10 Å². The van der Waals surface area contributed by atoms with Crippen molar-refractivity contribution in [2.75, 3.05) is 5.32 Å². The number of hydrogen-bond acceptors (Lipinski definition) is 4. The second kappa shape index (κ2) is 9.16. The largest absolute Gasteiger partial charge is 0.481 e. The highest BCUT2D eigenvalue weighted by Crippen LogP contribution is 2.17. The zero-order valence-corrected chi connectivity index (χ0v) is 15.6. The molecular weight excluding hydrogens is 360 g/mol. The van der Waals surface area contributed by atoms with Crippen molar-refractivity contribution in [2.45, 2.75) is 51.1 Å². The minimum Gasteiger partial charge on any atom is -0.481 e. The molecule has 0 aliphatic heterocycles. The topological polar surface area (TPSA) is 113 Å². The van der Waals surface area contributed by atoms with E-state index in [2.05, 4.69) is 15.7 Å². The maximum Gasteiger partial charge on any atom is 0.307 e. The van der Waals surface area contributed by atoms with Gasteiger partial charge in [0.05, 0.1) is 18.2 Å². The van der Waals surface area contributed by atoms with E-state index in [1.54, 1.807) is 24.3 Å². The highest BCUT2D eigenvalue weighted by atomic mass is 16.4. The van der Waals surface area contributed by atoms with Crippen molar-refractivity contribution in [1.82, 2.24) is 15.1 Å². The number of carboxylic acids is 1. The normalized spacial score (nSPS) is 14.4. The predicted molar refractivity (Wildman–Crippen MR) is 103 cm³/mol. The van der Waals surface area contributed by atoms with Crippen LogP contribution < -0.4 is 10.6 Å². The lowest BCUT2D eigenvalue weighted by Crippen LogP contribution is -2.38. The number of amides is 2. The Morgan fingerprint density at radius 3 is 2.50 bits per heavy atom. The summed E-state index contributed by atoms with van der Waals surface area (Å²) in [6.07, 6.45) is 8.45. The first-order chi connectivity index (χ1) is 13.5. The molecule has 8 heteroatoms. The Balaban J connectivity index is 1.51. The quantitative estimate of drug-likeness (QED) is 0.677. The molecule has 1 aromatic heterocycles. The SMILES string of the molecule is O=C(O)Cc1ccc(NC(=O)c2cnn(CC(=O)NC3CCCCC3)c2)cc1. The van der Waals surface area contributed by atoms with Crippen LogP contribution in [-0.2, 0) is 22.6 Å². The van der Waals surface area contributed by atoms with Crippen LogP contribution in [0.4, 0.5) is 5.69 Å². The average Bonchev–Trinajstić information content (AvgIpc) is 3.12. The molecule has 2 aromatic rings. The fourth-order valence-electron chi connectivity index (χ4n) is 3.32. The monoisotopic (exact) mass is 384 g/mol. The van der Waals surface area contributed by atoms with E-state index in [0.717, 1.165) is 25.7 Å². The van der Waals surface area contributed by atoms with E-state index >= 15 is 0 Å². The van der Waals surface area contributed by atoms with Gasteiger partial charge in [-0.05, 0) is 30.5 Å². The molecule has 0 spiro atoms. The van der Waals surface area contributed by atoms with Crippen LogP contribution in [0.3, 0.4) is 0 Å². The van der Waals surface area contributed by atoms with Crippen molar-refractivity contribution >= 4 is 23.5 Å². The first-order valence-corrected chi connectivity index (χ1v) is 9.43. The van der Waals surface area contributed by atoms with Gasteiger partial charge in [-0.1, -0.05) is 31.4 Å². The van der Waals surface area contributed by atoms with Crippen LogP contribution in [0, 0.1) is 0 Å². The molecule has 8 nitrogen and oxygen atoms in total. The first-order valence-electron chi connectivity index (χ1n) is 9.43. The number of carbonyl (C=O) groups is 3. The molecule has 1 aromatic carbocycles. The Bertz CT molecular complexity index is 838. The molecule has 1 heterocycles. The summed E-state index contributed by atoms with van der Waals surface area (Å²) in [6.45, 7) is 0.0770. The molecule has 1 saturated carbocycles. The van der Waals surface area contributed by atoms with Crippen molar-refractivity contribution in [1.29, 1.82) is 0 Å². The van der Waals surface area contributed by atoms with Crippen LogP contribution in [0.1, 0.15) is 48.0 Å². The number of hydrogen-bond donors (Lipinski definition) is 3. The van der Waals surface area contributed by atoms with Crippen molar-refractivity contribution in [3.8, 4) is 0 Å². The van der Waals surface area contributed by atoms with E-state index in [-0.39, 0.29) is 30.8 Å². The molecule has 0 radical (unpaired) electrons. The Morgan fingerprint density at radius 1 is 1.11 bits per heavy atom. The molecule has 0 saturated heterocycles. The number of benzene rings is 1. The fraction of sp³-hybridized carbons (Fsp3) is 0.400. The van der Waals surface area contributed by atoms with Gasteiger partial charge < -0.3 is 15.7 Å². The van der Waals surface area contributed by atoms with E-state index in [4.69, 9.17) is 5.11 Å². The second-order valence-corrected chi connectivity index (χ2v) is 7.05. The summed E-state index contributed by atoms with van der Waals surface area (Å²) >= 11 is 0. The van der Waals surface area contributed by atoms with Gasteiger partial charge in [0.1, 0.15) is 6.54 Å². The minimum atomic E-state index is -0.906. The third kappa shape index (κ3) is 5.67. The molecule has 3 N–H and O–H groups in total. The Hall–Kier alpha value is -3.16. The average molecular weight is 384 g/mol. The lowest BCUT2D eigenvalue weighted by molar-refractivity contribution is -0.136. The summed E-state index contributed by atoms with van der Waals surface area (Å²) in [4.78, 5) is 35.2. The maximum absolute atomic E-state index is 12.3. The lowest BCUT2D eigenvalue weighted by Gasteiger charge is -2.22. The minimum absolute atomic E-state index is 0.0656. The van der Waals surface area contributed by atoms with Gasteiger partial charge in [0, 0.05) is 17.9 Å². The molecule has 1 aliphatic rings. The molecular formula is C20H24N4O4. The maximum atomic E-state index is 12.3. The zero-order chi connectivity index (χ0) is 19.9. The molecule has 0 bridgehead atoms. The summed E-state index contributed by atoms with van der Waals surface area (Å²) in [5.74, 6) is -1.35. The van der Waals surface area contributed by atoms with Crippen LogP contribution in [0.5, 0.6) is 0 Å². The Labute approximate surface area is 162 Å². The van der Waals surface area contributed by atoms with Gasteiger partial charge in [-0.25, -0.2) is 0 Å². The summed E-state index contributed by atoms with van der Waals surface area (Å²) in [7, 11) is 0. The van der Waals surface area contributed by atoms with Crippen LogP contribution in [0.25, 0.3) is 0 Å². The molecule has 3 rings (SSSR count). The van der Waals surface area contributed by atoms with Crippen molar-refractivity contribution in [3.05, 3.63) is 47.8 Å². The lowest BCUT2D eigenvalue weighted by atomic mass is 9.95. The van der Waals surface area contributed by atoms with Crippen molar-refractivity contribution in [3.63, 3.8) is 0 Å². The number of carbonyl (C=O) groups excluding carboxylic acids is 2. The smallest absolute Gasteiger partial charge is 0.307 e. The third-order valence-electron chi connectivity index (χ3n) is 4.74. The fourth-order valence-corrected chi connectivity index (χ4v) is 3.32. The molecule has 2 amide bonds. The van der Waals surface area contributed by atoms with Gasteiger partial charge in [-0.3, -0.25) is 19.1 Å². The second-order valence-electron chi connectivity index (χ2n) is 7.05. The molecule has 1 aliphatic carbocycles. The van der Waals surface area contributed by atoms with E-state index in [9.17, 15) is 14.4 Å². The van der Waals surface area contributed by atoms with Crippen molar-refractivity contribution < 1.29 is 19.5 Å². The standard InChI is InChI=1S/C20H24N4O4/c25-18(22-16-4-2-1-3-5-16)13-24-12-15(11-21-24)20(28)23-17-8-6-14(7-9-17)10-19(26)27/h6-9,11-12,16H,1-5,10,13H2,(H,22,25)(H,23,28)(H,26,27). The number of carboxylic acid groups (broad SMARTS) is 1. The Morgan fingerprint density at radius 2 is 1.82 bits per heavy atom. The molecule has 28 heavy (non-hydrogen) atoms. The highest BCUT2D eigenvalue weighted by molar-refractivity contribution is 6.04. The number of nitrogens with one attached hydrogen (secondary N) is 2. The number of nitrogens with zero attached hydrogens (tertiary/aromatic N) is 2. The summed E-state index contributed by atoms with van der Waals surface area (Å²) < 4.78 is 1.45. The van der Waals surface area contributed by atoms with E-state index in [1.165, 1.54) is 23.5 Å². The highest BCUT2D eigenvalue weighted by Gasteiger charge is 2.16. The van der Waals surface area contributed by atoms with Gasteiger partial charge >= 0.3 is 5.97 Å². The molecule has 148 valence electrons. The van der Waals surface area contributed by atoms with Crippen LogP contribution in [0.15, 0.2) is 36.7 Å². The van der Waals surface area contributed by atoms with E-state index in [0.29, 0.717) is 16.8 Å². The van der Waals surface area contributed by atoms with Gasteiger partial charge in [0.2, 0.25) is 5.91 Å². The number of rotatable bonds is 7. The number of aromatic nitrogens is 2. The van der Waals surface area contributed by atoms with Crippen LogP contribution in [0.2, 0.25) is 0 Å². The molecule has 1 fully saturated rings. The number of aliphatic carboxylic acids is 1. The molecule has 0 atom stereocenters. The number of anilines is 1. The van der Waals surface area contributed by atoms with Gasteiger partial charge in [-0.15, -0.1) is 0 Å². The Kier molecular flexibility index (Phi) is 6.41. The summed E-state index contributed by atoms with van der Waals surface area (Å²) in [5.41, 5.74) is 1.56. The zero-order valence-electron chi connectivity index (χ0n) is 15.6. The van der Waals surface area contributed by atoms with E-state index < -0.39 is 5.97 Å². The van der Waals surface area contributed by atoms with Gasteiger partial charge in [0.15, 0.2) is 0 Å². The van der Waals surface area contributed by atoms with Gasteiger partial charge in [0.25, 0.3) is 5.91 Å². The van der Waals surface area contributed by atoms with E-state index in [1.807, 2.05) is 0 Å². The molecule has 0 unspecified atom stereocenters.